The van der Waals surface area contributed by atoms with E-state index in [4.69, 9.17) is 0 Å². The van der Waals surface area contributed by atoms with Gasteiger partial charge in [-0.2, -0.15) is 5.10 Å². The first-order valence-electron chi connectivity index (χ1n) is 5.04. The summed E-state index contributed by atoms with van der Waals surface area (Å²) in [5.41, 5.74) is 0.971. The van der Waals surface area contributed by atoms with Gasteiger partial charge in [-0.3, -0.25) is 4.68 Å². The molecule has 0 saturated carbocycles. The Labute approximate surface area is 84.3 Å². The summed E-state index contributed by atoms with van der Waals surface area (Å²) in [6.07, 6.45) is 4.70. The average molecular weight is 199 g/mol. The van der Waals surface area contributed by atoms with Crippen LogP contribution in [0.4, 0.5) is 10.1 Å². The number of nitrogens with zero attached hydrogens (tertiary/aromatic N) is 2. The van der Waals surface area contributed by atoms with Crippen LogP contribution in [0.25, 0.3) is 0 Å². The molecule has 0 bridgehead atoms. The number of hydrogen-bond donors (Lipinski definition) is 1. The fraction of sp³-hybridized carbons (Fsp3) is 0.700. The molecule has 80 valence electrons. The molecule has 0 radical (unpaired) electrons. The highest BCUT2D eigenvalue weighted by Gasteiger charge is 1.98. The first-order chi connectivity index (χ1) is 6.72. The summed E-state index contributed by atoms with van der Waals surface area (Å²) in [7, 11) is 0. The standard InChI is InChI=1S/C10H18FN3/c1-9(2)3-5-12-10-7-13-14(8-10)6-4-11/h7-9,12H,3-6H2,1-2H3. The van der Waals surface area contributed by atoms with E-state index >= 15 is 0 Å². The molecule has 0 saturated heterocycles. The van der Waals surface area contributed by atoms with E-state index in [1.165, 1.54) is 0 Å². The zero-order valence-corrected chi connectivity index (χ0v) is 8.83. The fourth-order valence-corrected chi connectivity index (χ4v) is 1.17. The molecule has 0 aromatic carbocycles. The van der Waals surface area contributed by atoms with E-state index in [1.807, 2.05) is 6.20 Å². The summed E-state index contributed by atoms with van der Waals surface area (Å²) in [4.78, 5) is 0. The van der Waals surface area contributed by atoms with Gasteiger partial charge in [-0.15, -0.1) is 0 Å². The largest absolute Gasteiger partial charge is 0.383 e. The SMILES string of the molecule is CC(C)CCNc1cnn(CCF)c1. The monoisotopic (exact) mass is 199 g/mol. The van der Waals surface area contributed by atoms with Gasteiger partial charge < -0.3 is 5.32 Å². The molecule has 1 heterocycles. The molecule has 0 amide bonds. The Balaban J connectivity index is 2.28. The van der Waals surface area contributed by atoms with E-state index < -0.39 is 0 Å². The molecule has 0 aliphatic rings. The lowest BCUT2D eigenvalue weighted by molar-refractivity contribution is 0.427. The lowest BCUT2D eigenvalue weighted by atomic mass is 10.1. The van der Waals surface area contributed by atoms with Gasteiger partial charge in [-0.1, -0.05) is 13.8 Å². The number of hydrogen-bond acceptors (Lipinski definition) is 2. The van der Waals surface area contributed by atoms with Crippen molar-refractivity contribution in [2.45, 2.75) is 26.8 Å². The Morgan fingerprint density at radius 3 is 3.00 bits per heavy atom. The summed E-state index contributed by atoms with van der Waals surface area (Å²) in [5, 5.41) is 7.27. The molecular formula is C10H18FN3. The third-order valence-corrected chi connectivity index (χ3v) is 2.00. The van der Waals surface area contributed by atoms with Gasteiger partial charge in [0.1, 0.15) is 6.67 Å². The van der Waals surface area contributed by atoms with Crippen LogP contribution in [-0.2, 0) is 6.54 Å². The second kappa shape index (κ2) is 5.62. The average Bonchev–Trinajstić information content (AvgIpc) is 2.53. The fourth-order valence-electron chi connectivity index (χ4n) is 1.17. The highest BCUT2D eigenvalue weighted by Crippen LogP contribution is 2.06. The van der Waals surface area contributed by atoms with Crippen LogP contribution in [0.2, 0.25) is 0 Å². The van der Waals surface area contributed by atoms with Gasteiger partial charge in [0.05, 0.1) is 18.4 Å². The Morgan fingerprint density at radius 1 is 1.57 bits per heavy atom. The molecule has 1 aromatic rings. The maximum atomic E-state index is 12.0. The molecule has 0 unspecified atom stereocenters. The first kappa shape index (κ1) is 11.0. The summed E-state index contributed by atoms with van der Waals surface area (Å²) in [5.74, 6) is 0.698. The number of alkyl halides is 1. The van der Waals surface area contributed by atoms with E-state index in [1.54, 1.807) is 10.9 Å². The Hall–Kier alpha value is -1.06. The molecule has 0 aliphatic carbocycles. The number of aryl methyl sites for hydroxylation is 1. The third kappa shape index (κ3) is 3.77. The van der Waals surface area contributed by atoms with Crippen LogP contribution >= 0.6 is 0 Å². The van der Waals surface area contributed by atoms with Crippen LogP contribution in [-0.4, -0.2) is 23.0 Å². The van der Waals surface area contributed by atoms with Crippen molar-refractivity contribution in [3.8, 4) is 0 Å². The zero-order valence-electron chi connectivity index (χ0n) is 8.83. The molecule has 1 rings (SSSR count). The molecule has 0 aliphatic heterocycles. The second-order valence-electron chi connectivity index (χ2n) is 3.79. The number of nitrogens with one attached hydrogen (secondary N) is 1. The third-order valence-electron chi connectivity index (χ3n) is 2.00. The van der Waals surface area contributed by atoms with E-state index in [-0.39, 0.29) is 6.67 Å². The molecule has 0 atom stereocenters. The first-order valence-corrected chi connectivity index (χ1v) is 5.04. The number of anilines is 1. The second-order valence-corrected chi connectivity index (χ2v) is 3.79. The maximum absolute atomic E-state index is 12.0. The lowest BCUT2D eigenvalue weighted by Gasteiger charge is -2.05. The number of rotatable bonds is 6. The van der Waals surface area contributed by atoms with Crippen molar-refractivity contribution >= 4 is 5.69 Å². The van der Waals surface area contributed by atoms with E-state index in [0.717, 1.165) is 18.7 Å². The minimum atomic E-state index is -0.368. The van der Waals surface area contributed by atoms with Gasteiger partial charge in [0.2, 0.25) is 0 Å². The van der Waals surface area contributed by atoms with Crippen LogP contribution in [0.3, 0.4) is 0 Å². The predicted molar refractivity (Wildman–Crippen MR) is 56.1 cm³/mol. The predicted octanol–water partition coefficient (Wildman–Crippen LogP) is 2.31. The van der Waals surface area contributed by atoms with Gasteiger partial charge in [-0.05, 0) is 12.3 Å². The van der Waals surface area contributed by atoms with Crippen LogP contribution in [0.5, 0.6) is 0 Å². The highest BCUT2D eigenvalue weighted by molar-refractivity contribution is 5.37. The molecule has 0 spiro atoms. The maximum Gasteiger partial charge on any atom is 0.109 e. The van der Waals surface area contributed by atoms with Crippen molar-refractivity contribution < 1.29 is 4.39 Å². The van der Waals surface area contributed by atoms with Crippen LogP contribution < -0.4 is 5.32 Å². The summed E-state index contributed by atoms with van der Waals surface area (Å²) < 4.78 is 13.6. The minimum Gasteiger partial charge on any atom is -0.383 e. The van der Waals surface area contributed by atoms with Crippen LogP contribution in [0.1, 0.15) is 20.3 Å². The quantitative estimate of drug-likeness (QED) is 0.762. The van der Waals surface area contributed by atoms with Gasteiger partial charge in [0.15, 0.2) is 0 Å². The van der Waals surface area contributed by atoms with Gasteiger partial charge >= 0.3 is 0 Å². The Bertz CT molecular complexity index is 258. The van der Waals surface area contributed by atoms with E-state index in [0.29, 0.717) is 12.5 Å². The van der Waals surface area contributed by atoms with Gasteiger partial charge in [0.25, 0.3) is 0 Å². The van der Waals surface area contributed by atoms with Crippen molar-refractivity contribution in [1.82, 2.24) is 9.78 Å². The Morgan fingerprint density at radius 2 is 2.36 bits per heavy atom. The number of aromatic nitrogens is 2. The van der Waals surface area contributed by atoms with Crippen LogP contribution in [0, 0.1) is 5.92 Å². The van der Waals surface area contributed by atoms with Crippen molar-refractivity contribution in [3.63, 3.8) is 0 Å². The normalized spacial score (nSPS) is 10.9. The zero-order chi connectivity index (χ0) is 10.4. The topological polar surface area (TPSA) is 29.9 Å². The molecule has 14 heavy (non-hydrogen) atoms. The van der Waals surface area contributed by atoms with E-state index in [2.05, 4.69) is 24.3 Å². The summed E-state index contributed by atoms with van der Waals surface area (Å²) in [6.45, 7) is 5.29. The summed E-state index contributed by atoms with van der Waals surface area (Å²) in [6, 6.07) is 0. The molecular weight excluding hydrogens is 181 g/mol. The molecule has 1 aromatic heterocycles. The van der Waals surface area contributed by atoms with Crippen molar-refractivity contribution in [2.75, 3.05) is 18.5 Å². The van der Waals surface area contributed by atoms with E-state index in [9.17, 15) is 4.39 Å². The molecule has 1 N–H and O–H groups in total. The smallest absolute Gasteiger partial charge is 0.109 e. The Kier molecular flexibility index (Phi) is 4.43. The molecule has 0 fully saturated rings. The molecule has 4 heteroatoms. The van der Waals surface area contributed by atoms with Crippen LogP contribution in [0.15, 0.2) is 12.4 Å². The van der Waals surface area contributed by atoms with Gasteiger partial charge in [-0.25, -0.2) is 4.39 Å². The van der Waals surface area contributed by atoms with Crippen molar-refractivity contribution in [2.24, 2.45) is 5.92 Å². The molecule has 3 nitrogen and oxygen atoms in total. The minimum absolute atomic E-state index is 0.339. The van der Waals surface area contributed by atoms with Crippen molar-refractivity contribution in [3.05, 3.63) is 12.4 Å². The van der Waals surface area contributed by atoms with Gasteiger partial charge in [0, 0.05) is 12.7 Å². The summed E-state index contributed by atoms with van der Waals surface area (Å²) >= 11 is 0. The number of halogens is 1. The van der Waals surface area contributed by atoms with Crippen molar-refractivity contribution in [1.29, 1.82) is 0 Å². The lowest BCUT2D eigenvalue weighted by Crippen LogP contribution is -2.04. The highest BCUT2D eigenvalue weighted by atomic mass is 19.1.